The summed E-state index contributed by atoms with van der Waals surface area (Å²) in [6.45, 7) is 6.80. The number of hydrogen-bond donors (Lipinski definition) is 2. The number of nitrogens with zero attached hydrogens (tertiary/aromatic N) is 3. The van der Waals surface area contributed by atoms with E-state index in [-0.39, 0.29) is 23.9 Å². The second-order valence-electron chi connectivity index (χ2n) is 12.2. The number of ether oxygens (including phenoxy) is 3. The largest absolute Gasteiger partial charge is 0.493 e. The van der Waals surface area contributed by atoms with Crippen molar-refractivity contribution in [2.45, 2.75) is 71.2 Å². The summed E-state index contributed by atoms with van der Waals surface area (Å²) in [5, 5.41) is 14.0. The lowest BCUT2D eigenvalue weighted by atomic mass is 10.1. The number of carbonyl (C=O) groups is 2. The van der Waals surface area contributed by atoms with Crippen LogP contribution in [0.2, 0.25) is 0 Å². The van der Waals surface area contributed by atoms with Crippen LogP contribution in [0.3, 0.4) is 0 Å². The van der Waals surface area contributed by atoms with Gasteiger partial charge in [-0.15, -0.1) is 0 Å². The zero-order chi connectivity index (χ0) is 33.1. The number of carbonyl (C=O) groups excluding carboxylic acids is 2. The predicted octanol–water partition coefficient (Wildman–Crippen LogP) is 6.44. The van der Waals surface area contributed by atoms with Gasteiger partial charge in [0.1, 0.15) is 12.0 Å². The van der Waals surface area contributed by atoms with Crippen molar-refractivity contribution in [3.8, 4) is 17.2 Å². The van der Waals surface area contributed by atoms with E-state index in [1.54, 1.807) is 29.0 Å². The lowest BCUT2D eigenvalue weighted by Crippen LogP contribution is -2.42. The van der Waals surface area contributed by atoms with E-state index < -0.39 is 6.23 Å². The second-order valence-corrected chi connectivity index (χ2v) is 12.2. The number of unbranched alkanes of at least 4 members (excludes halogenated alkanes) is 2. The predicted molar refractivity (Wildman–Crippen MR) is 182 cm³/mol. The maximum absolute atomic E-state index is 13.4. The normalized spacial score (nSPS) is 21.5. The molecule has 246 valence electrons. The van der Waals surface area contributed by atoms with Crippen LogP contribution in [0.5, 0.6) is 17.2 Å². The number of rotatable bonds is 11. The van der Waals surface area contributed by atoms with Gasteiger partial charge in [-0.05, 0) is 81.7 Å². The Bertz CT molecular complexity index is 1710. The summed E-state index contributed by atoms with van der Waals surface area (Å²) < 4.78 is 17.8. The SMILES string of the molecule is C/C=C/C1=CN2C(=O)c3cc(OC)c(OCCCCCOc4cc5c(cc4C)C(=O)N4C=C(/C=C/C)C[C@H]4C(O)N5)cc3N=C[C@@H]2C1. The van der Waals surface area contributed by atoms with Crippen LogP contribution in [0.15, 0.2) is 77.1 Å². The fourth-order valence-corrected chi connectivity index (χ4v) is 6.48. The maximum atomic E-state index is 13.4. The third-order valence-corrected chi connectivity index (χ3v) is 8.86. The van der Waals surface area contributed by atoms with Crippen LogP contribution in [-0.2, 0) is 0 Å². The number of amides is 2. The first-order chi connectivity index (χ1) is 22.8. The molecule has 0 radical (unpaired) electrons. The number of fused-ring (bicyclic) bond motifs is 4. The molecule has 47 heavy (non-hydrogen) atoms. The number of benzene rings is 2. The summed E-state index contributed by atoms with van der Waals surface area (Å²) >= 11 is 0. The molecule has 2 amide bonds. The molecule has 2 aromatic rings. The highest BCUT2D eigenvalue weighted by Crippen LogP contribution is 2.39. The third kappa shape index (κ3) is 6.55. The molecule has 0 fully saturated rings. The first kappa shape index (κ1) is 32.1. The van der Waals surface area contributed by atoms with E-state index in [4.69, 9.17) is 14.2 Å². The minimum Gasteiger partial charge on any atom is -0.493 e. The zero-order valence-electron chi connectivity index (χ0n) is 27.4. The van der Waals surface area contributed by atoms with Gasteiger partial charge in [0.25, 0.3) is 11.8 Å². The number of aryl methyl sites for hydroxylation is 1. The molecule has 2 aromatic carbocycles. The van der Waals surface area contributed by atoms with Crippen LogP contribution < -0.4 is 19.5 Å². The lowest BCUT2D eigenvalue weighted by Gasteiger charge is -2.24. The molecule has 3 atom stereocenters. The van der Waals surface area contributed by atoms with Crippen LogP contribution in [0, 0.1) is 6.92 Å². The van der Waals surface area contributed by atoms with Gasteiger partial charge in [0.05, 0.1) is 54.9 Å². The van der Waals surface area contributed by atoms with E-state index in [0.29, 0.717) is 59.4 Å². The van der Waals surface area contributed by atoms with Gasteiger partial charge in [0.15, 0.2) is 11.5 Å². The van der Waals surface area contributed by atoms with Crippen molar-refractivity contribution in [3.05, 3.63) is 88.8 Å². The molecule has 10 heteroatoms. The standard InChI is InChI=1S/C37H42N4O6/c1-5-10-24-15-26-20-38-29-18-34(33(45-4)17-28(29)36(43)40(26)21-24)47-13-9-7-8-12-46-32-19-30-27(14-23(32)3)37(44)41-22-25(11-6-2)16-31(41)35(42)39-30/h5-6,10-11,14,17-22,26,31,35,39,42H,7-9,12-13,15-16H2,1-4H3/b10-5+,11-6+/t26-,31-,35?/m0/s1. The van der Waals surface area contributed by atoms with Crippen molar-refractivity contribution in [3.63, 3.8) is 0 Å². The summed E-state index contributed by atoms with van der Waals surface area (Å²) in [4.78, 5) is 34.7. The Morgan fingerprint density at radius 2 is 1.55 bits per heavy atom. The molecule has 4 heterocycles. The highest BCUT2D eigenvalue weighted by molar-refractivity contribution is 6.04. The average molecular weight is 639 g/mol. The fourth-order valence-electron chi connectivity index (χ4n) is 6.48. The first-order valence-corrected chi connectivity index (χ1v) is 16.2. The molecule has 0 bridgehead atoms. The van der Waals surface area contributed by atoms with Crippen LogP contribution in [0.25, 0.3) is 0 Å². The van der Waals surface area contributed by atoms with E-state index in [1.165, 1.54) is 0 Å². The molecule has 6 rings (SSSR count). The molecule has 0 saturated carbocycles. The van der Waals surface area contributed by atoms with Crippen LogP contribution in [0.4, 0.5) is 11.4 Å². The smallest absolute Gasteiger partial charge is 0.260 e. The summed E-state index contributed by atoms with van der Waals surface area (Å²) in [6, 6.07) is 6.67. The number of allylic oxidation sites excluding steroid dienone is 4. The van der Waals surface area contributed by atoms with Crippen molar-refractivity contribution in [2.24, 2.45) is 4.99 Å². The molecular weight excluding hydrogens is 596 g/mol. The quantitative estimate of drug-likeness (QED) is 0.273. The number of aliphatic hydroxyl groups is 1. The van der Waals surface area contributed by atoms with E-state index >= 15 is 0 Å². The summed E-state index contributed by atoms with van der Waals surface area (Å²) in [5.74, 6) is 1.49. The number of methoxy groups -OCH3 is 1. The Hall–Kier alpha value is -4.83. The minimum absolute atomic E-state index is 0.105. The maximum Gasteiger partial charge on any atom is 0.260 e. The number of hydrogen-bond acceptors (Lipinski definition) is 8. The fraction of sp³-hybridized carbons (Fsp3) is 0.378. The Kier molecular flexibility index (Phi) is 9.49. The molecule has 1 unspecified atom stereocenters. The monoisotopic (exact) mass is 638 g/mol. The first-order valence-electron chi connectivity index (χ1n) is 16.2. The van der Waals surface area contributed by atoms with E-state index in [1.807, 2.05) is 75.8 Å². The molecule has 0 saturated heterocycles. The third-order valence-electron chi connectivity index (χ3n) is 8.86. The van der Waals surface area contributed by atoms with Crippen LogP contribution in [0.1, 0.15) is 72.2 Å². The van der Waals surface area contributed by atoms with E-state index in [2.05, 4.69) is 10.3 Å². The van der Waals surface area contributed by atoms with Gasteiger partial charge >= 0.3 is 0 Å². The lowest BCUT2D eigenvalue weighted by molar-refractivity contribution is 0.0643. The van der Waals surface area contributed by atoms with Gasteiger partial charge in [0, 0.05) is 30.7 Å². The number of nitrogens with one attached hydrogen (secondary N) is 1. The van der Waals surface area contributed by atoms with Crippen molar-refractivity contribution in [2.75, 3.05) is 25.6 Å². The van der Waals surface area contributed by atoms with Gasteiger partial charge in [-0.1, -0.05) is 24.3 Å². The number of aliphatic hydroxyl groups excluding tert-OH is 1. The van der Waals surface area contributed by atoms with Crippen molar-refractivity contribution >= 4 is 29.4 Å². The van der Waals surface area contributed by atoms with Crippen molar-refractivity contribution in [1.29, 1.82) is 0 Å². The number of anilines is 1. The Morgan fingerprint density at radius 1 is 0.872 bits per heavy atom. The Balaban J connectivity index is 1.01. The summed E-state index contributed by atoms with van der Waals surface area (Å²) in [6.07, 6.45) is 16.4. The number of aliphatic imine (C=N–C) groups is 1. The highest BCUT2D eigenvalue weighted by atomic mass is 16.5. The highest BCUT2D eigenvalue weighted by Gasteiger charge is 2.38. The van der Waals surface area contributed by atoms with Crippen LogP contribution >= 0.6 is 0 Å². The molecule has 0 aromatic heterocycles. The van der Waals surface area contributed by atoms with Gasteiger partial charge in [0.2, 0.25) is 0 Å². The van der Waals surface area contributed by atoms with Gasteiger partial charge < -0.3 is 34.4 Å². The molecule has 2 N–H and O–H groups in total. The van der Waals surface area contributed by atoms with Gasteiger partial charge in [-0.2, -0.15) is 0 Å². The minimum atomic E-state index is -0.897. The Labute approximate surface area is 275 Å². The van der Waals surface area contributed by atoms with Crippen molar-refractivity contribution < 1.29 is 28.9 Å². The molecule has 0 aliphatic carbocycles. The second kappa shape index (κ2) is 13.9. The molecule has 4 aliphatic rings. The van der Waals surface area contributed by atoms with E-state index in [0.717, 1.165) is 42.4 Å². The molecule has 4 aliphatic heterocycles. The average Bonchev–Trinajstić information content (AvgIpc) is 3.63. The Morgan fingerprint density at radius 3 is 2.28 bits per heavy atom. The van der Waals surface area contributed by atoms with Crippen molar-refractivity contribution in [1.82, 2.24) is 9.80 Å². The topological polar surface area (TPSA) is 113 Å². The zero-order valence-corrected chi connectivity index (χ0v) is 27.4. The molecule has 0 spiro atoms. The van der Waals surface area contributed by atoms with Gasteiger partial charge in [-0.25, -0.2) is 0 Å². The molecular formula is C37H42N4O6. The summed E-state index contributed by atoms with van der Waals surface area (Å²) in [5.41, 5.74) is 5.12. The van der Waals surface area contributed by atoms with Gasteiger partial charge in [-0.3, -0.25) is 14.6 Å². The molecule has 10 nitrogen and oxygen atoms in total. The summed E-state index contributed by atoms with van der Waals surface area (Å²) in [7, 11) is 1.57. The van der Waals surface area contributed by atoms with E-state index in [9.17, 15) is 14.7 Å². The van der Waals surface area contributed by atoms with Crippen LogP contribution in [-0.4, -0.2) is 71.6 Å².